The van der Waals surface area contributed by atoms with Crippen LogP contribution in [0.3, 0.4) is 0 Å². The van der Waals surface area contributed by atoms with Gasteiger partial charge in [0.2, 0.25) is 0 Å². The van der Waals surface area contributed by atoms with Crippen LogP contribution in [0.4, 0.5) is 0 Å². The zero-order chi connectivity index (χ0) is 11.4. The standard InChI is InChI=1S/C12H15BrN2O.ClH/c13-10-4-1-3-9(7-10)12(16)15-11-5-2-6-14-8-11;/h1,3-4,7,11,14H,2,5-6,8H2,(H,15,16);1H/t11-;/m0./s1. The fourth-order valence-corrected chi connectivity index (χ4v) is 2.27. The third-order valence-electron chi connectivity index (χ3n) is 2.72. The van der Waals surface area contributed by atoms with E-state index in [0.29, 0.717) is 5.56 Å². The van der Waals surface area contributed by atoms with E-state index in [-0.39, 0.29) is 24.4 Å². The second-order valence-electron chi connectivity index (χ2n) is 4.03. The molecule has 0 aromatic heterocycles. The summed E-state index contributed by atoms with van der Waals surface area (Å²) in [6.07, 6.45) is 2.19. The Labute approximate surface area is 116 Å². The van der Waals surface area contributed by atoms with Crippen LogP contribution in [-0.2, 0) is 0 Å². The number of nitrogens with one attached hydrogen (secondary N) is 2. The molecule has 1 fully saturated rings. The topological polar surface area (TPSA) is 41.1 Å². The Morgan fingerprint density at radius 3 is 2.94 bits per heavy atom. The Morgan fingerprint density at radius 2 is 2.29 bits per heavy atom. The molecule has 1 amide bonds. The first-order valence-corrected chi connectivity index (χ1v) is 6.32. The third kappa shape index (κ3) is 4.30. The largest absolute Gasteiger partial charge is 0.348 e. The summed E-state index contributed by atoms with van der Waals surface area (Å²) in [5.41, 5.74) is 0.708. The number of benzene rings is 1. The second-order valence-corrected chi connectivity index (χ2v) is 4.94. The molecular weight excluding hydrogens is 304 g/mol. The molecule has 1 saturated heterocycles. The zero-order valence-electron chi connectivity index (χ0n) is 9.41. The number of hydrogen-bond acceptors (Lipinski definition) is 2. The predicted octanol–water partition coefficient (Wildman–Crippen LogP) is 2.35. The van der Waals surface area contributed by atoms with Crippen molar-refractivity contribution in [2.24, 2.45) is 0 Å². The molecule has 0 saturated carbocycles. The summed E-state index contributed by atoms with van der Waals surface area (Å²) in [6.45, 7) is 1.93. The average molecular weight is 320 g/mol. The van der Waals surface area contributed by atoms with Crippen molar-refractivity contribution in [2.45, 2.75) is 18.9 Å². The van der Waals surface area contributed by atoms with Crippen LogP contribution in [0.5, 0.6) is 0 Å². The molecule has 0 radical (unpaired) electrons. The maximum Gasteiger partial charge on any atom is 0.251 e. The quantitative estimate of drug-likeness (QED) is 0.878. The van der Waals surface area contributed by atoms with Crippen molar-refractivity contribution in [3.05, 3.63) is 34.3 Å². The molecule has 1 aromatic carbocycles. The lowest BCUT2D eigenvalue weighted by atomic mass is 10.1. The Morgan fingerprint density at radius 1 is 1.47 bits per heavy atom. The van der Waals surface area contributed by atoms with E-state index in [4.69, 9.17) is 0 Å². The molecule has 94 valence electrons. The van der Waals surface area contributed by atoms with Crippen molar-refractivity contribution in [3.63, 3.8) is 0 Å². The smallest absolute Gasteiger partial charge is 0.251 e. The van der Waals surface area contributed by atoms with E-state index in [1.165, 1.54) is 0 Å². The lowest BCUT2D eigenvalue weighted by Gasteiger charge is -2.23. The predicted molar refractivity (Wildman–Crippen MR) is 74.7 cm³/mol. The molecule has 1 aromatic rings. The van der Waals surface area contributed by atoms with Crippen LogP contribution in [0.15, 0.2) is 28.7 Å². The van der Waals surface area contributed by atoms with E-state index in [9.17, 15) is 4.79 Å². The maximum atomic E-state index is 11.9. The van der Waals surface area contributed by atoms with Gasteiger partial charge >= 0.3 is 0 Å². The fourth-order valence-electron chi connectivity index (χ4n) is 1.87. The zero-order valence-corrected chi connectivity index (χ0v) is 11.8. The highest BCUT2D eigenvalue weighted by Crippen LogP contribution is 2.12. The highest BCUT2D eigenvalue weighted by Gasteiger charge is 2.16. The lowest BCUT2D eigenvalue weighted by Crippen LogP contribution is -2.45. The first-order chi connectivity index (χ1) is 7.75. The molecule has 3 nitrogen and oxygen atoms in total. The van der Waals surface area contributed by atoms with Crippen LogP contribution >= 0.6 is 28.3 Å². The third-order valence-corrected chi connectivity index (χ3v) is 3.21. The van der Waals surface area contributed by atoms with Crippen LogP contribution in [0.2, 0.25) is 0 Å². The summed E-state index contributed by atoms with van der Waals surface area (Å²) in [5.74, 6) is 0.00926. The van der Waals surface area contributed by atoms with Crippen LogP contribution in [0.1, 0.15) is 23.2 Å². The Kier molecular flexibility index (Phi) is 5.95. The van der Waals surface area contributed by atoms with E-state index < -0.39 is 0 Å². The first kappa shape index (κ1) is 14.5. The SMILES string of the molecule is Cl.O=C(N[C@H]1CCCNC1)c1cccc(Br)c1. The van der Waals surface area contributed by atoms with Crippen LogP contribution < -0.4 is 10.6 Å². The number of piperidine rings is 1. The molecule has 17 heavy (non-hydrogen) atoms. The van der Waals surface area contributed by atoms with Gasteiger partial charge in [-0.3, -0.25) is 4.79 Å². The van der Waals surface area contributed by atoms with Gasteiger partial charge in [-0.25, -0.2) is 0 Å². The summed E-state index contributed by atoms with van der Waals surface area (Å²) in [7, 11) is 0. The van der Waals surface area contributed by atoms with E-state index in [0.717, 1.165) is 30.4 Å². The van der Waals surface area contributed by atoms with Crippen molar-refractivity contribution in [1.82, 2.24) is 10.6 Å². The van der Waals surface area contributed by atoms with Gasteiger partial charge in [0.15, 0.2) is 0 Å². The molecule has 1 aliphatic rings. The highest BCUT2D eigenvalue weighted by molar-refractivity contribution is 9.10. The number of carbonyl (C=O) groups excluding carboxylic acids is 1. The summed E-state index contributed by atoms with van der Waals surface area (Å²) < 4.78 is 0.932. The molecule has 0 bridgehead atoms. The van der Waals surface area contributed by atoms with Crippen molar-refractivity contribution < 1.29 is 4.79 Å². The van der Waals surface area contributed by atoms with E-state index >= 15 is 0 Å². The normalized spacial score (nSPS) is 19.2. The molecule has 2 rings (SSSR count). The maximum absolute atomic E-state index is 11.9. The monoisotopic (exact) mass is 318 g/mol. The Hall–Kier alpha value is -0.580. The van der Waals surface area contributed by atoms with Crippen LogP contribution in [-0.4, -0.2) is 25.0 Å². The number of halogens is 2. The molecule has 0 unspecified atom stereocenters. The molecule has 1 heterocycles. The summed E-state index contributed by atoms with van der Waals surface area (Å²) in [4.78, 5) is 11.9. The van der Waals surface area contributed by atoms with Gasteiger partial charge in [-0.15, -0.1) is 12.4 Å². The van der Waals surface area contributed by atoms with Crippen LogP contribution in [0, 0.1) is 0 Å². The van der Waals surface area contributed by atoms with Gasteiger partial charge in [0.05, 0.1) is 0 Å². The summed E-state index contributed by atoms with van der Waals surface area (Å²) >= 11 is 3.36. The highest BCUT2D eigenvalue weighted by atomic mass is 79.9. The Bertz CT molecular complexity index is 381. The minimum atomic E-state index is 0. The fraction of sp³-hybridized carbons (Fsp3) is 0.417. The molecule has 1 atom stereocenters. The number of rotatable bonds is 2. The van der Waals surface area contributed by atoms with Crippen molar-refractivity contribution in [1.29, 1.82) is 0 Å². The average Bonchev–Trinajstić information content (AvgIpc) is 2.30. The molecule has 5 heteroatoms. The lowest BCUT2D eigenvalue weighted by molar-refractivity contribution is 0.0930. The number of amides is 1. The van der Waals surface area contributed by atoms with Gasteiger partial charge in [-0.1, -0.05) is 22.0 Å². The van der Waals surface area contributed by atoms with Gasteiger partial charge in [0.25, 0.3) is 5.91 Å². The van der Waals surface area contributed by atoms with E-state index in [1.807, 2.05) is 24.3 Å². The van der Waals surface area contributed by atoms with Gasteiger partial charge in [0, 0.05) is 22.6 Å². The van der Waals surface area contributed by atoms with Crippen LogP contribution in [0.25, 0.3) is 0 Å². The van der Waals surface area contributed by atoms with E-state index in [1.54, 1.807) is 0 Å². The van der Waals surface area contributed by atoms with Gasteiger partial charge in [-0.2, -0.15) is 0 Å². The number of carbonyl (C=O) groups is 1. The molecule has 2 N–H and O–H groups in total. The van der Waals surface area contributed by atoms with Crippen molar-refractivity contribution >= 4 is 34.2 Å². The molecule has 0 spiro atoms. The molecule has 0 aliphatic carbocycles. The van der Waals surface area contributed by atoms with Gasteiger partial charge in [-0.05, 0) is 37.6 Å². The molecular formula is C12H16BrClN2O. The summed E-state index contributed by atoms with van der Waals surface area (Å²) in [5, 5.41) is 6.32. The first-order valence-electron chi connectivity index (χ1n) is 5.53. The Balaban J connectivity index is 0.00000144. The minimum absolute atomic E-state index is 0. The van der Waals surface area contributed by atoms with Gasteiger partial charge < -0.3 is 10.6 Å². The number of hydrogen-bond donors (Lipinski definition) is 2. The van der Waals surface area contributed by atoms with E-state index in [2.05, 4.69) is 26.6 Å². The van der Waals surface area contributed by atoms with Crippen molar-refractivity contribution in [3.8, 4) is 0 Å². The second kappa shape index (κ2) is 6.99. The van der Waals surface area contributed by atoms with Gasteiger partial charge in [0.1, 0.15) is 0 Å². The molecule has 1 aliphatic heterocycles. The summed E-state index contributed by atoms with van der Waals surface area (Å²) in [6, 6.07) is 7.72. The van der Waals surface area contributed by atoms with Crippen molar-refractivity contribution in [2.75, 3.05) is 13.1 Å². The minimum Gasteiger partial charge on any atom is -0.348 e.